The van der Waals surface area contributed by atoms with Gasteiger partial charge in [-0.05, 0) is 42.6 Å². The van der Waals surface area contributed by atoms with Crippen LogP contribution in [0.15, 0.2) is 53.3 Å². The molecule has 0 radical (unpaired) electrons. The first kappa shape index (κ1) is 21.5. The number of aromatic amines is 1. The number of nitrogens with zero attached hydrogens (tertiary/aromatic N) is 1. The van der Waals surface area contributed by atoms with Crippen LogP contribution in [-0.4, -0.2) is 43.1 Å². The Morgan fingerprint density at radius 1 is 1.17 bits per heavy atom. The van der Waals surface area contributed by atoms with Gasteiger partial charge in [-0.2, -0.15) is 0 Å². The van der Waals surface area contributed by atoms with Crippen LogP contribution in [0.2, 0.25) is 0 Å². The first-order valence-electron chi connectivity index (χ1n) is 10.1. The lowest BCUT2D eigenvalue weighted by atomic mass is 10.1. The van der Waals surface area contributed by atoms with Crippen molar-refractivity contribution < 1.29 is 14.1 Å². The highest BCUT2D eigenvalue weighted by molar-refractivity contribution is 5.89. The molecule has 3 rings (SSSR count). The van der Waals surface area contributed by atoms with Crippen LogP contribution in [0.1, 0.15) is 17.5 Å². The summed E-state index contributed by atoms with van der Waals surface area (Å²) >= 11 is 0. The molecule has 0 aliphatic heterocycles. The molecule has 0 aliphatic rings. The highest BCUT2D eigenvalue weighted by atomic mass is 19.1. The number of carbonyl (C=O) groups is 1. The van der Waals surface area contributed by atoms with Crippen LogP contribution in [0.3, 0.4) is 0 Å². The highest BCUT2D eigenvalue weighted by Gasteiger charge is 2.18. The van der Waals surface area contributed by atoms with Crippen molar-refractivity contribution in [3.05, 3.63) is 75.8 Å². The number of benzene rings is 2. The van der Waals surface area contributed by atoms with Gasteiger partial charge in [0.15, 0.2) is 0 Å². The third-order valence-electron chi connectivity index (χ3n) is 4.95. The molecule has 0 bridgehead atoms. The molecule has 0 saturated heterocycles. The van der Waals surface area contributed by atoms with Gasteiger partial charge in [0.1, 0.15) is 5.82 Å². The van der Waals surface area contributed by atoms with Gasteiger partial charge in [0.2, 0.25) is 0 Å². The zero-order chi connectivity index (χ0) is 21.7. The Balaban J connectivity index is 1.85. The first-order valence-corrected chi connectivity index (χ1v) is 10.1. The van der Waals surface area contributed by atoms with Gasteiger partial charge >= 0.3 is 6.03 Å². The largest absolute Gasteiger partial charge is 0.340 e. The van der Waals surface area contributed by atoms with Gasteiger partial charge in [0.05, 0.1) is 32.9 Å². The molecule has 1 aromatic heterocycles. The van der Waals surface area contributed by atoms with Gasteiger partial charge in [-0.25, -0.2) is 9.18 Å². The van der Waals surface area contributed by atoms with E-state index in [1.165, 1.54) is 17.0 Å². The van der Waals surface area contributed by atoms with Crippen LogP contribution >= 0.6 is 0 Å². The van der Waals surface area contributed by atoms with Gasteiger partial charge in [-0.1, -0.05) is 23.8 Å². The number of carbonyl (C=O) groups excluding carboxylic acids is 1. The van der Waals surface area contributed by atoms with Crippen molar-refractivity contribution in [3.8, 4) is 0 Å². The molecule has 0 unspecified atom stereocenters. The van der Waals surface area contributed by atoms with E-state index < -0.39 is 11.8 Å². The second kappa shape index (κ2) is 9.54. The smallest absolute Gasteiger partial charge is 0.322 e. The van der Waals surface area contributed by atoms with E-state index in [2.05, 4.69) is 10.3 Å². The van der Waals surface area contributed by atoms with Crippen molar-refractivity contribution in [1.29, 1.82) is 0 Å². The van der Waals surface area contributed by atoms with E-state index in [1.54, 1.807) is 17.0 Å². The molecule has 0 spiro atoms. The lowest BCUT2D eigenvalue weighted by Crippen LogP contribution is -3.05. The molecule has 0 fully saturated rings. The topological polar surface area (TPSA) is 69.6 Å². The Morgan fingerprint density at radius 2 is 1.93 bits per heavy atom. The number of anilines is 1. The summed E-state index contributed by atoms with van der Waals surface area (Å²) in [6.07, 6.45) is 0.762. The lowest BCUT2D eigenvalue weighted by molar-refractivity contribution is -0.858. The third-order valence-corrected chi connectivity index (χ3v) is 4.95. The minimum absolute atomic E-state index is 0.119. The van der Waals surface area contributed by atoms with Crippen molar-refractivity contribution >= 4 is 22.6 Å². The Hall–Kier alpha value is -3.19. The zero-order valence-electron chi connectivity index (χ0n) is 17.6. The van der Waals surface area contributed by atoms with Crippen LogP contribution in [0.5, 0.6) is 0 Å². The first-order chi connectivity index (χ1) is 14.3. The second-order valence-electron chi connectivity index (χ2n) is 7.86. The number of hydrogen-bond donors (Lipinski definition) is 3. The van der Waals surface area contributed by atoms with Crippen molar-refractivity contribution in [2.75, 3.05) is 32.5 Å². The summed E-state index contributed by atoms with van der Waals surface area (Å²) in [6.45, 7) is 3.46. The van der Waals surface area contributed by atoms with Crippen LogP contribution in [-0.2, 0) is 6.54 Å². The summed E-state index contributed by atoms with van der Waals surface area (Å²) < 4.78 is 14.0. The second-order valence-corrected chi connectivity index (χ2v) is 7.86. The molecule has 158 valence electrons. The zero-order valence-corrected chi connectivity index (χ0v) is 17.6. The van der Waals surface area contributed by atoms with E-state index >= 15 is 0 Å². The van der Waals surface area contributed by atoms with Crippen molar-refractivity contribution in [2.45, 2.75) is 19.9 Å². The molecule has 6 nitrogen and oxygen atoms in total. The predicted molar refractivity (Wildman–Crippen MR) is 117 cm³/mol. The fourth-order valence-corrected chi connectivity index (χ4v) is 3.33. The monoisotopic (exact) mass is 411 g/mol. The molecule has 3 aromatic rings. The average molecular weight is 412 g/mol. The number of aromatic nitrogens is 1. The Kier molecular flexibility index (Phi) is 6.84. The lowest BCUT2D eigenvalue weighted by Gasteiger charge is -2.23. The SMILES string of the molecule is Cc1ccc2[nH]c(=O)c(CN(CCC[NH+](C)C)C(=O)Nc3ccccc3F)cc2c1. The molecule has 1 heterocycles. The Morgan fingerprint density at radius 3 is 2.67 bits per heavy atom. The number of para-hydroxylation sites is 1. The van der Waals surface area contributed by atoms with Gasteiger partial charge in [0, 0.05) is 24.0 Å². The fraction of sp³-hybridized carbons (Fsp3) is 0.304. The Bertz CT molecular complexity index is 1090. The number of nitrogens with one attached hydrogen (secondary N) is 3. The molecular formula is C23H28FN4O2+. The maximum atomic E-state index is 14.0. The van der Waals surface area contributed by atoms with E-state index in [9.17, 15) is 14.0 Å². The van der Waals surface area contributed by atoms with Gasteiger partial charge < -0.3 is 20.1 Å². The summed E-state index contributed by atoms with van der Waals surface area (Å²) in [5.74, 6) is -0.498. The van der Waals surface area contributed by atoms with Crippen LogP contribution < -0.4 is 15.8 Å². The molecule has 2 aromatic carbocycles. The number of rotatable bonds is 7. The molecule has 3 N–H and O–H groups in total. The molecule has 0 saturated carbocycles. The molecule has 30 heavy (non-hydrogen) atoms. The van der Waals surface area contributed by atoms with E-state index in [0.29, 0.717) is 12.1 Å². The number of halogens is 1. The normalized spacial score (nSPS) is 11.1. The molecule has 0 atom stereocenters. The number of urea groups is 1. The summed E-state index contributed by atoms with van der Waals surface area (Å²) in [5, 5.41) is 3.54. The summed E-state index contributed by atoms with van der Waals surface area (Å²) in [4.78, 5) is 31.2. The van der Waals surface area contributed by atoms with E-state index in [-0.39, 0.29) is 17.8 Å². The average Bonchev–Trinajstić information content (AvgIpc) is 2.69. The minimum Gasteiger partial charge on any atom is -0.340 e. The van der Waals surface area contributed by atoms with E-state index in [0.717, 1.165) is 29.4 Å². The summed E-state index contributed by atoms with van der Waals surface area (Å²) in [5.41, 5.74) is 2.23. The quantitative estimate of drug-likeness (QED) is 0.559. The number of H-pyrrole nitrogens is 1. The number of quaternary nitrogens is 1. The minimum atomic E-state index is -0.498. The molecular weight excluding hydrogens is 383 g/mol. The number of amides is 2. The summed E-state index contributed by atoms with van der Waals surface area (Å²) in [7, 11) is 4.08. The number of aryl methyl sites for hydroxylation is 1. The van der Waals surface area contributed by atoms with Crippen molar-refractivity contribution in [3.63, 3.8) is 0 Å². The van der Waals surface area contributed by atoms with Crippen LogP contribution in [0.4, 0.5) is 14.9 Å². The van der Waals surface area contributed by atoms with E-state index in [1.807, 2.05) is 45.3 Å². The Labute approximate surface area is 175 Å². The molecule has 7 heteroatoms. The van der Waals surface area contributed by atoms with Crippen LogP contribution in [0, 0.1) is 12.7 Å². The van der Waals surface area contributed by atoms with Crippen LogP contribution in [0.25, 0.3) is 10.9 Å². The summed E-state index contributed by atoms with van der Waals surface area (Å²) in [6, 6.07) is 13.2. The maximum absolute atomic E-state index is 14.0. The highest BCUT2D eigenvalue weighted by Crippen LogP contribution is 2.16. The maximum Gasteiger partial charge on any atom is 0.322 e. The standard InChI is InChI=1S/C23H27FN4O2/c1-16-9-10-20-17(13-16)14-18(22(29)25-20)15-28(12-6-11-27(2)3)23(30)26-21-8-5-4-7-19(21)24/h4-5,7-10,13-14H,6,11-12,15H2,1-3H3,(H,25,29)(H,26,30)/p+1. The molecule has 0 aliphatic carbocycles. The molecule has 2 amide bonds. The number of hydrogen-bond acceptors (Lipinski definition) is 2. The third kappa shape index (κ3) is 5.45. The van der Waals surface area contributed by atoms with Gasteiger partial charge in [-0.15, -0.1) is 0 Å². The van der Waals surface area contributed by atoms with Crippen molar-refractivity contribution in [2.24, 2.45) is 0 Å². The van der Waals surface area contributed by atoms with E-state index in [4.69, 9.17) is 0 Å². The number of pyridine rings is 1. The van der Waals surface area contributed by atoms with Gasteiger partial charge in [-0.3, -0.25) is 4.79 Å². The van der Waals surface area contributed by atoms with Crippen molar-refractivity contribution in [1.82, 2.24) is 9.88 Å². The number of fused-ring (bicyclic) bond motifs is 1. The predicted octanol–water partition coefficient (Wildman–Crippen LogP) is 2.54. The fourth-order valence-electron chi connectivity index (χ4n) is 3.33. The van der Waals surface area contributed by atoms with Gasteiger partial charge in [0.25, 0.3) is 5.56 Å².